The second-order valence-corrected chi connectivity index (χ2v) is 3.11. The molecule has 64 valence electrons. The van der Waals surface area contributed by atoms with E-state index in [4.69, 9.17) is 0 Å². The summed E-state index contributed by atoms with van der Waals surface area (Å²) < 4.78 is 0. The van der Waals surface area contributed by atoms with Crippen LogP contribution in [0.1, 0.15) is 20.3 Å². The van der Waals surface area contributed by atoms with Gasteiger partial charge >= 0.3 is 51.4 Å². The fraction of sp³-hybridized carbons (Fsp3) is 0.273. The Morgan fingerprint density at radius 1 is 1.31 bits per heavy atom. The summed E-state index contributed by atoms with van der Waals surface area (Å²) >= 11 is 0. The van der Waals surface area contributed by atoms with Crippen LogP contribution in [0, 0.1) is 0 Å². The Bertz CT molecular complexity index is 383. The van der Waals surface area contributed by atoms with Gasteiger partial charge in [0.15, 0.2) is 0 Å². The maximum atomic E-state index is 3.27. The normalized spacial score (nSPS) is 9.92. The molecule has 1 aromatic heterocycles. The van der Waals surface area contributed by atoms with Crippen molar-refractivity contribution in [1.29, 1.82) is 0 Å². The number of nitrogens with one attached hydrogen (secondary N) is 1. The molecular weight excluding hydrogens is 185 g/mol. The van der Waals surface area contributed by atoms with Crippen LogP contribution in [-0.2, 0) is 6.42 Å². The molecule has 0 atom stereocenters. The van der Waals surface area contributed by atoms with Crippen molar-refractivity contribution in [3.05, 3.63) is 36.0 Å². The van der Waals surface area contributed by atoms with E-state index in [9.17, 15) is 0 Å². The Morgan fingerprint density at radius 3 is 2.85 bits per heavy atom. The van der Waals surface area contributed by atoms with Gasteiger partial charge in [0.05, 0.1) is 0 Å². The summed E-state index contributed by atoms with van der Waals surface area (Å²) in [6, 6.07) is 8.45. The molecule has 0 aliphatic heterocycles. The van der Waals surface area contributed by atoms with Crippen molar-refractivity contribution in [2.45, 2.75) is 19.8 Å². The number of fused-ring (bicyclic) bond motifs is 1. The molecule has 0 aliphatic carbocycles. The first-order chi connectivity index (χ1) is 5.92. The minimum atomic E-state index is 0. The van der Waals surface area contributed by atoms with Crippen LogP contribution in [-0.4, -0.2) is 4.98 Å². The van der Waals surface area contributed by atoms with Gasteiger partial charge in [0, 0.05) is 17.1 Å². The maximum Gasteiger partial charge on any atom is 1.00 e. The molecule has 0 unspecified atom stereocenters. The number of aryl methyl sites for hydroxylation is 1. The zero-order chi connectivity index (χ0) is 8.39. The third-order valence-corrected chi connectivity index (χ3v) is 2.19. The van der Waals surface area contributed by atoms with E-state index >= 15 is 0 Å². The van der Waals surface area contributed by atoms with Gasteiger partial charge in [-0.25, -0.2) is 0 Å². The molecule has 0 fully saturated rings. The van der Waals surface area contributed by atoms with E-state index in [2.05, 4.69) is 42.4 Å². The molecule has 1 nitrogen and oxygen atoms in total. The van der Waals surface area contributed by atoms with E-state index < -0.39 is 0 Å². The summed E-state index contributed by atoms with van der Waals surface area (Å²) in [5, 5.41) is 1.37. The second kappa shape index (κ2) is 5.32. The minimum absolute atomic E-state index is 0. The molecule has 0 radical (unpaired) electrons. The van der Waals surface area contributed by atoms with E-state index in [1.165, 1.54) is 29.3 Å². The first kappa shape index (κ1) is 11.5. The molecule has 2 rings (SSSR count). The van der Waals surface area contributed by atoms with Crippen molar-refractivity contribution in [3.63, 3.8) is 0 Å². The fourth-order valence-corrected chi connectivity index (χ4v) is 1.61. The van der Waals surface area contributed by atoms with Crippen molar-refractivity contribution in [2.24, 2.45) is 0 Å². The van der Waals surface area contributed by atoms with Crippen LogP contribution in [0.4, 0.5) is 0 Å². The van der Waals surface area contributed by atoms with E-state index in [1.807, 2.05) is 0 Å². The molecule has 1 heterocycles. The summed E-state index contributed by atoms with van der Waals surface area (Å²) in [5.74, 6) is 0. The van der Waals surface area contributed by atoms with Crippen molar-refractivity contribution >= 4 is 10.9 Å². The molecule has 1 N–H and O–H groups in total. The number of aromatic nitrogens is 1. The van der Waals surface area contributed by atoms with Crippen molar-refractivity contribution in [1.82, 2.24) is 4.98 Å². The molecule has 2 aromatic rings. The first-order valence-electron chi connectivity index (χ1n) is 4.47. The summed E-state index contributed by atoms with van der Waals surface area (Å²) in [6.07, 6.45) is 4.50. The molecule has 1 aromatic carbocycles. The van der Waals surface area contributed by atoms with E-state index in [0.717, 1.165) is 0 Å². The van der Waals surface area contributed by atoms with Gasteiger partial charge in [0.2, 0.25) is 0 Å². The molecule has 2 heteroatoms. The number of benzene rings is 1. The number of hydrogen-bond donors (Lipinski definition) is 1. The van der Waals surface area contributed by atoms with Crippen molar-refractivity contribution in [2.75, 3.05) is 0 Å². The van der Waals surface area contributed by atoms with Gasteiger partial charge in [-0.1, -0.05) is 31.5 Å². The first-order valence-corrected chi connectivity index (χ1v) is 4.47. The monoisotopic (exact) mass is 199 g/mol. The Kier molecular flexibility index (Phi) is 4.69. The molecular formula is C11H14KN. The Balaban J connectivity index is 0.000000845. The number of para-hydroxylation sites is 1. The van der Waals surface area contributed by atoms with E-state index in [-0.39, 0.29) is 52.8 Å². The summed E-state index contributed by atoms with van der Waals surface area (Å²) in [6.45, 7) is 2.21. The van der Waals surface area contributed by atoms with Gasteiger partial charge in [-0.05, 0) is 18.1 Å². The summed E-state index contributed by atoms with van der Waals surface area (Å²) in [4.78, 5) is 3.27. The Morgan fingerprint density at radius 2 is 2.08 bits per heavy atom. The van der Waals surface area contributed by atoms with Gasteiger partial charge in [0.25, 0.3) is 0 Å². The van der Waals surface area contributed by atoms with Crippen molar-refractivity contribution in [3.8, 4) is 0 Å². The molecule has 13 heavy (non-hydrogen) atoms. The number of H-pyrrole nitrogens is 1. The Labute approximate surface area is 123 Å². The van der Waals surface area contributed by atoms with Gasteiger partial charge in [-0.2, -0.15) is 0 Å². The number of rotatable bonds is 2. The molecule has 0 aliphatic rings. The molecule has 0 saturated carbocycles. The standard InChI is InChI=1S/C11H13N.K.H/c1-2-5-9-8-12-11-7-4-3-6-10(9)11;;/h3-4,6-8,12H,2,5H2,1H3;;/q;+1;-1. The topological polar surface area (TPSA) is 15.8 Å². The summed E-state index contributed by atoms with van der Waals surface area (Å²) in [5.41, 5.74) is 2.69. The molecule has 0 spiro atoms. The average Bonchev–Trinajstić information content (AvgIpc) is 2.50. The van der Waals surface area contributed by atoms with Crippen LogP contribution >= 0.6 is 0 Å². The predicted molar refractivity (Wildman–Crippen MR) is 53.4 cm³/mol. The smallest absolute Gasteiger partial charge is 1.00 e. The van der Waals surface area contributed by atoms with Crippen LogP contribution in [0.25, 0.3) is 10.9 Å². The van der Waals surface area contributed by atoms with Gasteiger partial charge in [0.1, 0.15) is 0 Å². The average molecular weight is 199 g/mol. The van der Waals surface area contributed by atoms with Crippen LogP contribution < -0.4 is 51.4 Å². The van der Waals surface area contributed by atoms with Crippen LogP contribution in [0.3, 0.4) is 0 Å². The van der Waals surface area contributed by atoms with Crippen LogP contribution in [0.15, 0.2) is 30.5 Å². The Hall–Kier alpha value is 0.396. The number of aromatic amines is 1. The SMILES string of the molecule is CCCc1c[nH]c2ccccc12.[H-].[K+]. The van der Waals surface area contributed by atoms with Gasteiger partial charge in [-0.3, -0.25) is 0 Å². The van der Waals surface area contributed by atoms with Crippen LogP contribution in [0.5, 0.6) is 0 Å². The maximum absolute atomic E-state index is 3.27. The quantitative estimate of drug-likeness (QED) is 0.667. The summed E-state index contributed by atoms with van der Waals surface area (Å²) in [7, 11) is 0. The predicted octanol–water partition coefficient (Wildman–Crippen LogP) is 0.237. The molecule has 0 bridgehead atoms. The second-order valence-electron chi connectivity index (χ2n) is 3.11. The zero-order valence-corrected chi connectivity index (χ0v) is 11.4. The minimum Gasteiger partial charge on any atom is -1.00 e. The zero-order valence-electron chi connectivity index (χ0n) is 9.30. The fourth-order valence-electron chi connectivity index (χ4n) is 1.61. The molecule has 0 amide bonds. The van der Waals surface area contributed by atoms with Crippen LogP contribution in [0.2, 0.25) is 0 Å². The van der Waals surface area contributed by atoms with E-state index in [0.29, 0.717) is 0 Å². The number of hydrogen-bond acceptors (Lipinski definition) is 0. The third-order valence-electron chi connectivity index (χ3n) is 2.19. The molecule has 0 saturated heterocycles. The third kappa shape index (κ3) is 2.45. The van der Waals surface area contributed by atoms with E-state index in [1.54, 1.807) is 0 Å². The van der Waals surface area contributed by atoms with Gasteiger partial charge in [-0.15, -0.1) is 0 Å². The largest absolute Gasteiger partial charge is 1.00 e. The van der Waals surface area contributed by atoms with Crippen molar-refractivity contribution < 1.29 is 52.8 Å². The van der Waals surface area contributed by atoms with Gasteiger partial charge < -0.3 is 6.41 Å².